The number of allylic oxidation sites excluding steroid dienone is 3. The van der Waals surface area contributed by atoms with Gasteiger partial charge < -0.3 is 5.73 Å². The molecule has 1 aliphatic heterocycles. The number of Topliss-reactive ketones (excluding diaryl/α,β-unsaturated/α-hetero) is 1. The molecule has 6 rings (SSSR count). The van der Waals surface area contributed by atoms with Gasteiger partial charge in [0.05, 0.1) is 28.9 Å². The molecule has 0 saturated carbocycles. The van der Waals surface area contributed by atoms with Crippen LogP contribution in [0.2, 0.25) is 0 Å². The quantitative estimate of drug-likeness (QED) is 0.302. The molecule has 6 nitrogen and oxygen atoms in total. The summed E-state index contributed by atoms with van der Waals surface area (Å²) < 4.78 is 15.7. The number of para-hydroxylation sites is 1. The van der Waals surface area contributed by atoms with Crippen LogP contribution in [0.4, 0.5) is 10.1 Å². The first kappa shape index (κ1) is 26.3. The molecule has 0 amide bonds. The van der Waals surface area contributed by atoms with Gasteiger partial charge in [-0.3, -0.25) is 9.69 Å². The molecule has 0 saturated heterocycles. The van der Waals surface area contributed by atoms with Gasteiger partial charge in [-0.15, -0.1) is 0 Å². The number of benzene rings is 3. The molecule has 0 spiro atoms. The normalized spacial score (nSPS) is 18.4. The third kappa shape index (κ3) is 4.62. The first-order valence-electron chi connectivity index (χ1n) is 13.6. The summed E-state index contributed by atoms with van der Waals surface area (Å²) in [5.41, 5.74) is 12.9. The summed E-state index contributed by atoms with van der Waals surface area (Å²) in [6, 6.07) is 26.1. The zero-order valence-corrected chi connectivity index (χ0v) is 23.2. The number of nitrogens with two attached hydrogens (primary N) is 1. The predicted molar refractivity (Wildman–Crippen MR) is 157 cm³/mol. The van der Waals surface area contributed by atoms with E-state index in [1.807, 2.05) is 67.7 Å². The van der Waals surface area contributed by atoms with Crippen LogP contribution in [0.15, 0.2) is 108 Å². The van der Waals surface area contributed by atoms with Crippen LogP contribution >= 0.6 is 0 Å². The number of aryl methyl sites for hydroxylation is 1. The Kier molecular flexibility index (Phi) is 6.34. The first-order valence-corrected chi connectivity index (χ1v) is 13.6. The van der Waals surface area contributed by atoms with Crippen LogP contribution in [-0.2, 0) is 4.79 Å². The Labute approximate surface area is 238 Å². The smallest absolute Gasteiger partial charge is 0.162 e. The van der Waals surface area contributed by atoms with E-state index in [1.54, 1.807) is 21.7 Å². The Bertz CT molecular complexity index is 1760. The minimum absolute atomic E-state index is 0.0315. The third-order valence-electron chi connectivity index (χ3n) is 7.87. The van der Waals surface area contributed by atoms with E-state index in [9.17, 15) is 14.4 Å². The van der Waals surface area contributed by atoms with E-state index in [0.717, 1.165) is 28.1 Å². The van der Waals surface area contributed by atoms with E-state index < -0.39 is 5.92 Å². The Morgan fingerprint density at radius 3 is 2.32 bits per heavy atom. The summed E-state index contributed by atoms with van der Waals surface area (Å²) in [4.78, 5) is 15.8. The lowest BCUT2D eigenvalue weighted by Crippen LogP contribution is -2.42. The van der Waals surface area contributed by atoms with Gasteiger partial charge in [-0.25, -0.2) is 9.07 Å². The fraction of sp³-hybridized carbons (Fsp3) is 0.206. The minimum atomic E-state index is -0.705. The fourth-order valence-corrected chi connectivity index (χ4v) is 5.95. The van der Waals surface area contributed by atoms with Crippen LogP contribution in [0, 0.1) is 29.5 Å². The summed E-state index contributed by atoms with van der Waals surface area (Å²) in [6.07, 6.45) is 2.81. The third-order valence-corrected chi connectivity index (χ3v) is 7.87. The van der Waals surface area contributed by atoms with Crippen molar-refractivity contribution < 1.29 is 9.18 Å². The van der Waals surface area contributed by atoms with Crippen molar-refractivity contribution in [1.29, 1.82) is 5.26 Å². The lowest BCUT2D eigenvalue weighted by molar-refractivity contribution is -0.118. The summed E-state index contributed by atoms with van der Waals surface area (Å²) in [6.45, 7) is 6.13. The monoisotopic (exact) mass is 543 g/mol. The second-order valence-electron chi connectivity index (χ2n) is 11.5. The molecule has 0 fully saturated rings. The molecule has 2 aliphatic rings. The fourth-order valence-electron chi connectivity index (χ4n) is 5.95. The predicted octanol–water partition coefficient (Wildman–Crippen LogP) is 6.93. The largest absolute Gasteiger partial charge is 0.384 e. The maximum absolute atomic E-state index is 14.1. The van der Waals surface area contributed by atoms with E-state index in [1.165, 1.54) is 12.1 Å². The van der Waals surface area contributed by atoms with Crippen molar-refractivity contribution in [2.75, 3.05) is 4.90 Å². The topological polar surface area (TPSA) is 87.9 Å². The number of halogens is 1. The molecule has 0 bridgehead atoms. The number of nitrogens with zero attached hydrogens (tertiary/aromatic N) is 4. The Morgan fingerprint density at radius 1 is 0.976 bits per heavy atom. The first-order chi connectivity index (χ1) is 19.7. The Hall–Kier alpha value is -4.96. The highest BCUT2D eigenvalue weighted by Gasteiger charge is 2.46. The standard InChI is InChI=1S/C34H30FN5O/c1-21-9-11-22(12-10-21)32-27(20-39(38-32)24-7-5-4-6-8-24)30-26(19-36)33(37)40(25-15-13-23(35)14-16-25)28-17-34(2,3)18-29(41)31(28)30/h4-16,20,30H,17-18,37H2,1-3H3. The van der Waals surface area contributed by atoms with Crippen LogP contribution in [-0.4, -0.2) is 15.6 Å². The number of carbonyl (C=O) groups is 1. The zero-order valence-electron chi connectivity index (χ0n) is 23.2. The molecule has 4 aromatic rings. The molecule has 3 aromatic carbocycles. The number of hydrogen-bond donors (Lipinski definition) is 1. The number of anilines is 1. The van der Waals surface area contributed by atoms with E-state index in [0.29, 0.717) is 29.8 Å². The maximum Gasteiger partial charge on any atom is 0.162 e. The number of aromatic nitrogens is 2. The van der Waals surface area contributed by atoms with Gasteiger partial charge in [-0.2, -0.15) is 10.4 Å². The average Bonchev–Trinajstić information content (AvgIpc) is 3.39. The van der Waals surface area contributed by atoms with Crippen molar-refractivity contribution in [2.24, 2.45) is 11.1 Å². The van der Waals surface area contributed by atoms with Gasteiger partial charge in [0.1, 0.15) is 11.6 Å². The lowest BCUT2D eigenvalue weighted by atomic mass is 9.68. The van der Waals surface area contributed by atoms with Gasteiger partial charge in [0, 0.05) is 40.7 Å². The number of hydrogen-bond acceptors (Lipinski definition) is 5. The van der Waals surface area contributed by atoms with Crippen molar-refractivity contribution in [1.82, 2.24) is 9.78 Å². The number of nitriles is 1. The van der Waals surface area contributed by atoms with Crippen molar-refractivity contribution >= 4 is 11.5 Å². The summed E-state index contributed by atoms with van der Waals surface area (Å²) in [5, 5.41) is 15.5. The molecule has 0 radical (unpaired) electrons. The number of rotatable bonds is 4. The van der Waals surface area contributed by atoms with Crippen LogP contribution < -0.4 is 10.6 Å². The van der Waals surface area contributed by atoms with E-state index in [4.69, 9.17) is 10.8 Å². The van der Waals surface area contributed by atoms with E-state index in [-0.39, 0.29) is 28.4 Å². The minimum Gasteiger partial charge on any atom is -0.384 e. The Balaban J connectivity index is 1.63. The SMILES string of the molecule is Cc1ccc(-c2nn(-c3ccccc3)cc2C2C(C#N)=C(N)N(c3ccc(F)cc3)C3=C2C(=O)CC(C)(C)C3)cc1. The average molecular weight is 544 g/mol. The second kappa shape index (κ2) is 9.90. The molecule has 2 N–H and O–H groups in total. The van der Waals surface area contributed by atoms with Crippen molar-refractivity contribution in [3.63, 3.8) is 0 Å². The molecule has 1 aliphatic carbocycles. The van der Waals surface area contributed by atoms with Gasteiger partial charge in [-0.05, 0) is 55.2 Å². The summed E-state index contributed by atoms with van der Waals surface area (Å²) in [7, 11) is 0. The van der Waals surface area contributed by atoms with Crippen LogP contribution in [0.5, 0.6) is 0 Å². The van der Waals surface area contributed by atoms with Crippen LogP contribution in [0.25, 0.3) is 16.9 Å². The van der Waals surface area contributed by atoms with Crippen LogP contribution in [0.1, 0.15) is 43.7 Å². The molecular formula is C34H30FN5O. The van der Waals surface area contributed by atoms with Gasteiger partial charge in [-0.1, -0.05) is 61.9 Å². The van der Waals surface area contributed by atoms with Gasteiger partial charge >= 0.3 is 0 Å². The highest BCUT2D eigenvalue weighted by atomic mass is 19.1. The molecule has 41 heavy (non-hydrogen) atoms. The maximum atomic E-state index is 14.1. The lowest BCUT2D eigenvalue weighted by Gasteiger charge is -2.43. The second-order valence-corrected chi connectivity index (χ2v) is 11.5. The highest BCUT2D eigenvalue weighted by molar-refractivity contribution is 6.02. The molecular weight excluding hydrogens is 513 g/mol. The van der Waals surface area contributed by atoms with E-state index in [2.05, 4.69) is 19.9 Å². The van der Waals surface area contributed by atoms with Gasteiger partial charge in [0.15, 0.2) is 5.78 Å². The Morgan fingerprint density at radius 2 is 1.66 bits per heavy atom. The highest BCUT2D eigenvalue weighted by Crippen LogP contribution is 2.51. The van der Waals surface area contributed by atoms with E-state index >= 15 is 0 Å². The van der Waals surface area contributed by atoms with Crippen molar-refractivity contribution in [3.05, 3.63) is 125 Å². The number of ketones is 1. The van der Waals surface area contributed by atoms with Crippen LogP contribution in [0.3, 0.4) is 0 Å². The zero-order chi connectivity index (χ0) is 28.9. The summed E-state index contributed by atoms with van der Waals surface area (Å²) >= 11 is 0. The molecule has 1 aromatic heterocycles. The number of carbonyl (C=O) groups excluding carboxylic acids is 1. The summed E-state index contributed by atoms with van der Waals surface area (Å²) in [5.74, 6) is -0.882. The molecule has 1 unspecified atom stereocenters. The molecule has 1 atom stereocenters. The molecule has 7 heteroatoms. The van der Waals surface area contributed by atoms with Crippen molar-refractivity contribution in [3.8, 4) is 23.0 Å². The molecule has 2 heterocycles. The molecule has 204 valence electrons. The van der Waals surface area contributed by atoms with Gasteiger partial charge in [0.2, 0.25) is 0 Å². The van der Waals surface area contributed by atoms with Crippen molar-refractivity contribution in [2.45, 2.75) is 39.5 Å². The van der Waals surface area contributed by atoms with Gasteiger partial charge in [0.25, 0.3) is 0 Å².